The number of hydrogen-bond donors (Lipinski definition) is 2. The molecule has 118 valence electrons. The SMILES string of the molecule is Cc1c(Cl)cccc1NC(=O)CSc1nnc(C(C)C)n1N. The number of hydrogen-bond acceptors (Lipinski definition) is 5. The molecule has 1 aromatic carbocycles. The first-order valence-electron chi connectivity index (χ1n) is 6.78. The molecule has 1 aromatic heterocycles. The standard InChI is InChI=1S/C14H18ClN5OS/c1-8(2)13-18-19-14(20(13)16)22-7-12(21)17-11-6-4-5-10(15)9(11)3/h4-6,8H,7,16H2,1-3H3,(H,17,21). The Labute approximate surface area is 138 Å². The number of nitrogens with one attached hydrogen (secondary N) is 1. The van der Waals surface area contributed by atoms with Gasteiger partial charge < -0.3 is 11.2 Å². The third-order valence-corrected chi connectivity index (χ3v) is 4.43. The molecular weight excluding hydrogens is 322 g/mol. The van der Waals surface area contributed by atoms with E-state index in [0.29, 0.717) is 21.7 Å². The third-order valence-electron chi connectivity index (χ3n) is 3.08. The molecule has 0 radical (unpaired) electrons. The van der Waals surface area contributed by atoms with E-state index in [1.807, 2.05) is 26.8 Å². The molecule has 1 amide bonds. The largest absolute Gasteiger partial charge is 0.336 e. The van der Waals surface area contributed by atoms with E-state index in [-0.39, 0.29) is 17.6 Å². The molecule has 0 unspecified atom stereocenters. The molecule has 0 saturated heterocycles. The maximum Gasteiger partial charge on any atom is 0.234 e. The second-order valence-electron chi connectivity index (χ2n) is 5.11. The maximum absolute atomic E-state index is 12.0. The Morgan fingerprint density at radius 2 is 2.18 bits per heavy atom. The Morgan fingerprint density at radius 3 is 2.82 bits per heavy atom. The van der Waals surface area contributed by atoms with Gasteiger partial charge in [-0.15, -0.1) is 10.2 Å². The van der Waals surface area contributed by atoms with Gasteiger partial charge in [0.25, 0.3) is 0 Å². The lowest BCUT2D eigenvalue weighted by Gasteiger charge is -2.09. The van der Waals surface area contributed by atoms with Gasteiger partial charge >= 0.3 is 0 Å². The number of nitrogen functional groups attached to an aromatic ring is 1. The molecular formula is C14H18ClN5OS. The van der Waals surface area contributed by atoms with Crippen LogP contribution in [0.1, 0.15) is 31.2 Å². The van der Waals surface area contributed by atoms with Gasteiger partial charge in [0, 0.05) is 16.6 Å². The molecule has 0 saturated carbocycles. The van der Waals surface area contributed by atoms with E-state index in [1.54, 1.807) is 12.1 Å². The normalized spacial score (nSPS) is 11.0. The van der Waals surface area contributed by atoms with Gasteiger partial charge in [-0.2, -0.15) is 0 Å². The van der Waals surface area contributed by atoms with Crippen LogP contribution < -0.4 is 11.2 Å². The number of benzene rings is 1. The molecule has 8 heteroatoms. The summed E-state index contributed by atoms with van der Waals surface area (Å²) in [6, 6.07) is 5.39. The second kappa shape index (κ2) is 7.02. The van der Waals surface area contributed by atoms with E-state index < -0.39 is 0 Å². The van der Waals surface area contributed by atoms with Crippen molar-refractivity contribution < 1.29 is 4.79 Å². The fourth-order valence-electron chi connectivity index (χ4n) is 1.84. The molecule has 0 bridgehead atoms. The predicted octanol–water partition coefficient (Wildman–Crippen LogP) is 2.81. The number of nitrogens with zero attached hydrogens (tertiary/aromatic N) is 3. The molecule has 0 aliphatic rings. The molecule has 1 heterocycles. The monoisotopic (exact) mass is 339 g/mol. The van der Waals surface area contributed by atoms with Crippen molar-refractivity contribution in [1.29, 1.82) is 0 Å². The Hall–Kier alpha value is -1.73. The zero-order valence-corrected chi connectivity index (χ0v) is 14.2. The van der Waals surface area contributed by atoms with Crippen LogP contribution in [-0.2, 0) is 4.79 Å². The molecule has 0 spiro atoms. The van der Waals surface area contributed by atoms with Crippen LogP contribution in [0, 0.1) is 6.92 Å². The average Bonchev–Trinajstić information content (AvgIpc) is 2.83. The van der Waals surface area contributed by atoms with E-state index >= 15 is 0 Å². The van der Waals surface area contributed by atoms with Gasteiger partial charge in [-0.05, 0) is 24.6 Å². The minimum atomic E-state index is -0.149. The highest BCUT2D eigenvalue weighted by Gasteiger charge is 2.15. The molecule has 0 aliphatic heterocycles. The minimum Gasteiger partial charge on any atom is -0.336 e. The van der Waals surface area contributed by atoms with Gasteiger partial charge in [0.2, 0.25) is 11.1 Å². The number of carbonyl (C=O) groups is 1. The first-order valence-corrected chi connectivity index (χ1v) is 8.14. The average molecular weight is 340 g/mol. The van der Waals surface area contributed by atoms with Crippen molar-refractivity contribution in [1.82, 2.24) is 14.9 Å². The third kappa shape index (κ3) is 3.72. The van der Waals surface area contributed by atoms with Crippen LogP contribution in [0.2, 0.25) is 5.02 Å². The Kier molecular flexibility index (Phi) is 5.31. The zero-order valence-electron chi connectivity index (χ0n) is 12.6. The van der Waals surface area contributed by atoms with Gasteiger partial charge in [0.15, 0.2) is 5.82 Å². The number of thioether (sulfide) groups is 1. The van der Waals surface area contributed by atoms with Crippen LogP contribution in [0.15, 0.2) is 23.4 Å². The Bertz CT molecular complexity index is 686. The quantitative estimate of drug-likeness (QED) is 0.646. The fourth-order valence-corrected chi connectivity index (χ4v) is 2.68. The van der Waals surface area contributed by atoms with Crippen LogP contribution in [0.4, 0.5) is 5.69 Å². The van der Waals surface area contributed by atoms with E-state index in [4.69, 9.17) is 17.4 Å². The highest BCUT2D eigenvalue weighted by atomic mass is 35.5. The van der Waals surface area contributed by atoms with Crippen molar-refractivity contribution in [2.75, 3.05) is 16.9 Å². The first-order chi connectivity index (χ1) is 10.4. The number of rotatable bonds is 5. The molecule has 0 atom stereocenters. The van der Waals surface area contributed by atoms with Crippen LogP contribution >= 0.6 is 23.4 Å². The number of halogens is 1. The number of anilines is 1. The second-order valence-corrected chi connectivity index (χ2v) is 6.46. The van der Waals surface area contributed by atoms with Crippen molar-refractivity contribution >= 4 is 35.0 Å². The molecule has 2 aromatic rings. The van der Waals surface area contributed by atoms with Crippen LogP contribution in [0.3, 0.4) is 0 Å². The first kappa shape index (κ1) is 16.6. The molecule has 0 fully saturated rings. The molecule has 22 heavy (non-hydrogen) atoms. The van der Waals surface area contributed by atoms with Gasteiger partial charge in [-0.3, -0.25) is 4.79 Å². The number of carbonyl (C=O) groups excluding carboxylic acids is 1. The Morgan fingerprint density at radius 1 is 1.45 bits per heavy atom. The van der Waals surface area contributed by atoms with E-state index in [0.717, 1.165) is 5.56 Å². The lowest BCUT2D eigenvalue weighted by molar-refractivity contribution is -0.113. The smallest absolute Gasteiger partial charge is 0.234 e. The zero-order chi connectivity index (χ0) is 16.3. The van der Waals surface area contributed by atoms with Crippen molar-refractivity contribution in [2.24, 2.45) is 0 Å². The topological polar surface area (TPSA) is 85.8 Å². The molecule has 0 aliphatic carbocycles. The molecule has 6 nitrogen and oxygen atoms in total. The molecule has 3 N–H and O–H groups in total. The van der Waals surface area contributed by atoms with E-state index in [1.165, 1.54) is 16.4 Å². The minimum absolute atomic E-state index is 0.149. The lowest BCUT2D eigenvalue weighted by Crippen LogP contribution is -2.18. The van der Waals surface area contributed by atoms with Gasteiger partial charge in [0.1, 0.15) is 0 Å². The Balaban J connectivity index is 1.97. The highest BCUT2D eigenvalue weighted by Crippen LogP contribution is 2.24. The van der Waals surface area contributed by atoms with E-state index in [2.05, 4.69) is 15.5 Å². The van der Waals surface area contributed by atoms with Crippen LogP contribution in [0.25, 0.3) is 0 Å². The summed E-state index contributed by atoms with van der Waals surface area (Å²) in [4.78, 5) is 12.0. The van der Waals surface area contributed by atoms with Gasteiger partial charge in [-0.1, -0.05) is 43.3 Å². The maximum atomic E-state index is 12.0. The summed E-state index contributed by atoms with van der Waals surface area (Å²) >= 11 is 7.27. The summed E-state index contributed by atoms with van der Waals surface area (Å²) < 4.78 is 1.42. The lowest BCUT2D eigenvalue weighted by atomic mass is 10.2. The number of aromatic nitrogens is 3. The van der Waals surface area contributed by atoms with Gasteiger partial charge in [0.05, 0.1) is 5.75 Å². The summed E-state index contributed by atoms with van der Waals surface area (Å²) in [5, 5.41) is 12.0. The van der Waals surface area contributed by atoms with Gasteiger partial charge in [-0.25, -0.2) is 4.68 Å². The van der Waals surface area contributed by atoms with Crippen molar-refractivity contribution in [3.63, 3.8) is 0 Å². The van der Waals surface area contributed by atoms with E-state index in [9.17, 15) is 4.79 Å². The molecule has 2 rings (SSSR count). The van der Waals surface area contributed by atoms with Crippen molar-refractivity contribution in [3.05, 3.63) is 34.6 Å². The van der Waals surface area contributed by atoms with Crippen LogP contribution in [-0.4, -0.2) is 26.5 Å². The summed E-state index contributed by atoms with van der Waals surface area (Å²) in [6.07, 6.45) is 0. The van der Waals surface area contributed by atoms with Crippen LogP contribution in [0.5, 0.6) is 0 Å². The fraction of sp³-hybridized carbons (Fsp3) is 0.357. The van der Waals surface area contributed by atoms with Crippen molar-refractivity contribution in [3.8, 4) is 0 Å². The number of amides is 1. The summed E-state index contributed by atoms with van der Waals surface area (Å²) in [7, 11) is 0. The highest BCUT2D eigenvalue weighted by molar-refractivity contribution is 7.99. The summed E-state index contributed by atoms with van der Waals surface area (Å²) in [5.41, 5.74) is 1.54. The number of nitrogens with two attached hydrogens (primary N) is 1. The van der Waals surface area contributed by atoms with Crippen molar-refractivity contribution in [2.45, 2.75) is 31.8 Å². The predicted molar refractivity (Wildman–Crippen MR) is 89.8 cm³/mol. The summed E-state index contributed by atoms with van der Waals surface area (Å²) in [6.45, 7) is 5.82. The summed E-state index contributed by atoms with van der Waals surface area (Å²) in [5.74, 6) is 6.82.